The molecule has 7 heteroatoms. The van der Waals surface area contributed by atoms with Crippen molar-refractivity contribution >= 4 is 29.4 Å². The van der Waals surface area contributed by atoms with Gasteiger partial charge in [0.05, 0.1) is 29.3 Å². The molecule has 0 spiro atoms. The Morgan fingerprint density at radius 3 is 2.81 bits per heavy atom. The molecule has 1 aliphatic rings. The number of cyclic esters (lactones) is 1. The number of hydrogen-bond acceptors (Lipinski definition) is 6. The van der Waals surface area contributed by atoms with Crippen LogP contribution in [0.4, 0.5) is 4.79 Å². The summed E-state index contributed by atoms with van der Waals surface area (Å²) in [6, 6.07) is 8.87. The Hall–Kier alpha value is -2.51. The van der Waals surface area contributed by atoms with E-state index in [0.717, 1.165) is 21.2 Å². The number of carbonyl (C=O) groups is 2. The number of aromatic nitrogens is 1. The molecule has 3 rings (SSSR count). The number of benzene rings is 1. The van der Waals surface area contributed by atoms with Crippen molar-refractivity contribution in [2.24, 2.45) is 0 Å². The first-order valence-electron chi connectivity index (χ1n) is 8.31. The topological polar surface area (TPSA) is 79.7 Å². The fourth-order valence-electron chi connectivity index (χ4n) is 2.90. The number of nitrogens with zero attached hydrogens (tertiary/aromatic N) is 2. The molecule has 0 bridgehead atoms. The third kappa shape index (κ3) is 4.00. The van der Waals surface area contributed by atoms with Crippen LogP contribution in [0, 0.1) is 6.92 Å². The minimum atomic E-state index is -1.000. The van der Waals surface area contributed by atoms with Crippen LogP contribution in [0.2, 0.25) is 0 Å². The second-order valence-corrected chi connectivity index (χ2v) is 7.20. The average molecular weight is 372 g/mol. The Bertz CT molecular complexity index is 818. The number of aryl methyl sites for hydroxylation is 1. The first-order chi connectivity index (χ1) is 12.5. The number of imide groups is 1. The maximum absolute atomic E-state index is 12.5. The van der Waals surface area contributed by atoms with Gasteiger partial charge in [-0.1, -0.05) is 36.4 Å². The van der Waals surface area contributed by atoms with Crippen molar-refractivity contribution in [3.8, 4) is 0 Å². The van der Waals surface area contributed by atoms with Gasteiger partial charge in [-0.15, -0.1) is 11.3 Å². The molecule has 0 unspecified atom stereocenters. The Morgan fingerprint density at radius 1 is 1.42 bits per heavy atom. The minimum absolute atomic E-state index is 0.194. The molecule has 0 saturated carbocycles. The molecule has 1 N–H and O–H groups in total. The van der Waals surface area contributed by atoms with E-state index in [1.165, 1.54) is 17.4 Å². The molecule has 1 aromatic heterocycles. The van der Waals surface area contributed by atoms with Crippen molar-refractivity contribution in [1.82, 2.24) is 9.88 Å². The second-order valence-electron chi connectivity index (χ2n) is 6.14. The fourth-order valence-corrected chi connectivity index (χ4v) is 3.48. The number of carbonyl (C=O) groups excluding carboxylic acids is 2. The summed E-state index contributed by atoms with van der Waals surface area (Å²) in [5.74, 6) is -0.465. The van der Waals surface area contributed by atoms with Crippen LogP contribution < -0.4 is 0 Å². The number of amides is 2. The SMILES string of the molecule is Cc1nc(/C=C/[C@@H](O)CC(=O)N2C(=O)O[C@H](c3ccccc3)[C@@H]2C)cs1. The van der Waals surface area contributed by atoms with Crippen LogP contribution >= 0.6 is 11.3 Å². The summed E-state index contributed by atoms with van der Waals surface area (Å²) in [4.78, 5) is 30.0. The molecule has 1 fully saturated rings. The first-order valence-corrected chi connectivity index (χ1v) is 9.19. The van der Waals surface area contributed by atoms with Gasteiger partial charge in [-0.05, 0) is 25.5 Å². The molecule has 3 atom stereocenters. The Balaban J connectivity index is 1.63. The molecule has 2 aromatic rings. The van der Waals surface area contributed by atoms with Crippen LogP contribution in [0.5, 0.6) is 0 Å². The van der Waals surface area contributed by atoms with E-state index in [1.54, 1.807) is 13.0 Å². The molecule has 136 valence electrons. The fraction of sp³-hybridized carbons (Fsp3) is 0.316. The third-order valence-corrected chi connectivity index (χ3v) is 4.97. The Labute approximate surface area is 155 Å². The molecule has 1 aliphatic heterocycles. The summed E-state index contributed by atoms with van der Waals surface area (Å²) in [5, 5.41) is 12.9. The molecule has 2 heterocycles. The molecular formula is C19H20N2O4S. The molecular weight excluding hydrogens is 352 g/mol. The summed E-state index contributed by atoms with van der Waals surface area (Å²) >= 11 is 1.51. The van der Waals surface area contributed by atoms with Gasteiger partial charge in [-0.25, -0.2) is 14.7 Å². The summed E-state index contributed by atoms with van der Waals surface area (Å²) < 4.78 is 5.36. The van der Waals surface area contributed by atoms with E-state index in [9.17, 15) is 14.7 Å². The van der Waals surface area contributed by atoms with Crippen molar-refractivity contribution in [2.75, 3.05) is 0 Å². The zero-order valence-electron chi connectivity index (χ0n) is 14.5. The van der Waals surface area contributed by atoms with Crippen molar-refractivity contribution in [3.05, 3.63) is 58.1 Å². The molecule has 1 aromatic carbocycles. The summed E-state index contributed by atoms with van der Waals surface area (Å²) in [6.45, 7) is 3.66. The van der Waals surface area contributed by atoms with Gasteiger partial charge in [-0.2, -0.15) is 0 Å². The highest BCUT2D eigenvalue weighted by atomic mass is 32.1. The lowest BCUT2D eigenvalue weighted by Gasteiger charge is -2.20. The first kappa shape index (κ1) is 18.3. The lowest BCUT2D eigenvalue weighted by molar-refractivity contribution is -0.130. The number of ether oxygens (including phenoxy) is 1. The zero-order valence-corrected chi connectivity index (χ0v) is 15.3. The van der Waals surface area contributed by atoms with Crippen molar-refractivity contribution in [3.63, 3.8) is 0 Å². The summed E-state index contributed by atoms with van der Waals surface area (Å²) in [5.41, 5.74) is 1.57. The highest BCUT2D eigenvalue weighted by Crippen LogP contribution is 2.32. The van der Waals surface area contributed by atoms with E-state index in [4.69, 9.17) is 4.74 Å². The Morgan fingerprint density at radius 2 is 2.15 bits per heavy atom. The number of thiazole rings is 1. The quantitative estimate of drug-likeness (QED) is 0.871. The van der Waals surface area contributed by atoms with Crippen LogP contribution in [-0.4, -0.2) is 39.1 Å². The van der Waals surface area contributed by atoms with Gasteiger partial charge in [0.25, 0.3) is 0 Å². The van der Waals surface area contributed by atoms with Crippen molar-refractivity contribution < 1.29 is 19.4 Å². The monoisotopic (exact) mass is 372 g/mol. The van der Waals surface area contributed by atoms with E-state index in [-0.39, 0.29) is 6.42 Å². The van der Waals surface area contributed by atoms with E-state index < -0.39 is 30.3 Å². The highest BCUT2D eigenvalue weighted by Gasteiger charge is 2.43. The number of hydrogen-bond donors (Lipinski definition) is 1. The predicted molar refractivity (Wildman–Crippen MR) is 98.5 cm³/mol. The number of aliphatic hydroxyl groups excluding tert-OH is 1. The van der Waals surface area contributed by atoms with Crippen LogP contribution in [0.25, 0.3) is 6.08 Å². The van der Waals surface area contributed by atoms with Gasteiger partial charge in [0.15, 0.2) is 0 Å². The molecule has 0 radical (unpaired) electrons. The summed E-state index contributed by atoms with van der Waals surface area (Å²) in [6.07, 6.45) is 0.800. The number of rotatable bonds is 5. The van der Waals surface area contributed by atoms with Gasteiger partial charge in [0, 0.05) is 5.38 Å². The predicted octanol–water partition coefficient (Wildman–Crippen LogP) is 3.32. The standard InChI is InChI=1S/C19H20N2O4S/c1-12-18(14-6-4-3-5-7-14)25-19(24)21(12)17(23)10-16(22)9-8-15-11-26-13(2)20-15/h3-9,11-12,16,18,22H,10H2,1-2H3/b9-8+/t12-,16+,18-/m0/s1. The normalized spacial score (nSPS) is 21.2. The second kappa shape index (κ2) is 7.80. The van der Waals surface area contributed by atoms with Crippen molar-refractivity contribution in [1.29, 1.82) is 0 Å². The van der Waals surface area contributed by atoms with Gasteiger partial charge in [0.1, 0.15) is 6.10 Å². The smallest absolute Gasteiger partial charge is 0.417 e. The van der Waals surface area contributed by atoms with E-state index in [2.05, 4.69) is 4.98 Å². The Kier molecular flexibility index (Phi) is 5.49. The summed E-state index contributed by atoms with van der Waals surface area (Å²) in [7, 11) is 0. The zero-order chi connectivity index (χ0) is 18.7. The molecule has 6 nitrogen and oxygen atoms in total. The number of aliphatic hydroxyl groups is 1. The third-order valence-electron chi connectivity index (χ3n) is 4.18. The minimum Gasteiger partial charge on any atom is -0.439 e. The van der Waals surface area contributed by atoms with Gasteiger partial charge < -0.3 is 9.84 Å². The maximum Gasteiger partial charge on any atom is 0.417 e. The lowest BCUT2D eigenvalue weighted by Crippen LogP contribution is -2.39. The van der Waals surface area contributed by atoms with Gasteiger partial charge >= 0.3 is 6.09 Å². The molecule has 0 aliphatic carbocycles. The van der Waals surface area contributed by atoms with Crippen LogP contribution in [0.1, 0.15) is 35.7 Å². The van der Waals surface area contributed by atoms with E-state index >= 15 is 0 Å². The molecule has 1 saturated heterocycles. The maximum atomic E-state index is 12.5. The van der Waals surface area contributed by atoms with Crippen LogP contribution in [0.3, 0.4) is 0 Å². The van der Waals surface area contributed by atoms with Gasteiger partial charge in [-0.3, -0.25) is 4.79 Å². The van der Waals surface area contributed by atoms with E-state index in [1.807, 2.05) is 42.6 Å². The lowest BCUT2D eigenvalue weighted by atomic mass is 10.0. The average Bonchev–Trinajstić information content (AvgIpc) is 3.16. The van der Waals surface area contributed by atoms with Crippen LogP contribution in [0.15, 0.2) is 41.8 Å². The molecule has 2 amide bonds. The molecule has 26 heavy (non-hydrogen) atoms. The largest absolute Gasteiger partial charge is 0.439 e. The van der Waals surface area contributed by atoms with Crippen molar-refractivity contribution in [2.45, 2.75) is 38.5 Å². The highest BCUT2D eigenvalue weighted by molar-refractivity contribution is 7.09. The van der Waals surface area contributed by atoms with Crippen LogP contribution in [-0.2, 0) is 9.53 Å². The van der Waals surface area contributed by atoms with E-state index in [0.29, 0.717) is 0 Å². The van der Waals surface area contributed by atoms with Gasteiger partial charge in [0.2, 0.25) is 5.91 Å².